The van der Waals surface area contributed by atoms with Crippen molar-refractivity contribution in [3.63, 3.8) is 0 Å². The molecule has 0 spiro atoms. The Labute approximate surface area is 114 Å². The van der Waals surface area contributed by atoms with Crippen molar-refractivity contribution in [1.82, 2.24) is 0 Å². The average Bonchev–Trinajstić information content (AvgIpc) is 2.49. The molecular weight excluding hydrogens is 236 g/mol. The van der Waals surface area contributed by atoms with Crippen LogP contribution in [0.2, 0.25) is 0 Å². The number of ketones is 1. The first-order valence-electron chi connectivity index (χ1n) is 6.40. The summed E-state index contributed by atoms with van der Waals surface area (Å²) in [5.74, 6) is 0.515. The van der Waals surface area contributed by atoms with Crippen molar-refractivity contribution in [3.05, 3.63) is 71.8 Å². The van der Waals surface area contributed by atoms with Gasteiger partial charge in [0.05, 0.1) is 0 Å². The third kappa shape index (κ3) is 5.49. The zero-order valence-electron chi connectivity index (χ0n) is 11.4. The molecule has 19 heavy (non-hydrogen) atoms. The van der Waals surface area contributed by atoms with Crippen molar-refractivity contribution in [2.45, 2.75) is 13.8 Å². The fourth-order valence-electron chi connectivity index (χ4n) is 1.35. The third-order valence-corrected chi connectivity index (χ3v) is 2.44. The number of rotatable bonds is 3. The van der Waals surface area contributed by atoms with E-state index in [-0.39, 0.29) is 5.78 Å². The number of aliphatic hydroxyl groups excluding tert-OH is 1. The van der Waals surface area contributed by atoms with Crippen molar-refractivity contribution >= 4 is 5.78 Å². The van der Waals surface area contributed by atoms with E-state index in [4.69, 9.17) is 5.11 Å². The zero-order chi connectivity index (χ0) is 14.1. The first-order chi connectivity index (χ1) is 9.15. The first-order valence-corrected chi connectivity index (χ1v) is 6.40. The number of carbonyl (C=O) groups excluding carboxylic acids is 1. The highest BCUT2D eigenvalue weighted by Crippen LogP contribution is 2.08. The Balaban J connectivity index is 0.000000312. The van der Waals surface area contributed by atoms with E-state index >= 15 is 0 Å². The van der Waals surface area contributed by atoms with E-state index in [1.54, 1.807) is 0 Å². The van der Waals surface area contributed by atoms with E-state index in [9.17, 15) is 4.79 Å². The third-order valence-electron chi connectivity index (χ3n) is 2.44. The molecule has 0 aromatic heterocycles. The molecule has 2 heteroatoms. The molecular formula is C17H20O2. The molecule has 0 saturated heterocycles. The van der Waals surface area contributed by atoms with Crippen LogP contribution >= 0.6 is 0 Å². The van der Waals surface area contributed by atoms with Crippen molar-refractivity contribution in [2.24, 2.45) is 5.92 Å². The van der Waals surface area contributed by atoms with Gasteiger partial charge in [-0.1, -0.05) is 74.5 Å². The fraction of sp³-hybridized carbons (Fsp3) is 0.235. The molecule has 2 aromatic rings. The lowest BCUT2D eigenvalue weighted by Crippen LogP contribution is -1.99. The van der Waals surface area contributed by atoms with Gasteiger partial charge in [0.1, 0.15) is 0 Å². The molecule has 0 heterocycles. The van der Waals surface area contributed by atoms with Gasteiger partial charge in [-0.25, -0.2) is 0 Å². The molecule has 0 unspecified atom stereocenters. The number of carbonyl (C=O) groups is 1. The summed E-state index contributed by atoms with van der Waals surface area (Å²) in [5.41, 5.74) is 1.47. The molecule has 2 nitrogen and oxygen atoms in total. The van der Waals surface area contributed by atoms with Gasteiger partial charge in [0.25, 0.3) is 0 Å². The van der Waals surface area contributed by atoms with Crippen LogP contribution in [0, 0.1) is 5.92 Å². The highest BCUT2D eigenvalue weighted by Gasteiger charge is 2.06. The molecule has 0 aliphatic heterocycles. The molecule has 0 atom stereocenters. The Morgan fingerprint density at radius 2 is 1.21 bits per heavy atom. The number of aliphatic hydroxyl groups is 1. The predicted molar refractivity (Wildman–Crippen MR) is 78.2 cm³/mol. The maximum atomic E-state index is 11.8. The molecule has 0 fully saturated rings. The van der Waals surface area contributed by atoms with E-state index in [2.05, 4.69) is 0 Å². The Morgan fingerprint density at radius 1 is 0.895 bits per heavy atom. The lowest BCUT2D eigenvalue weighted by Gasteiger charge is -1.99. The van der Waals surface area contributed by atoms with Gasteiger partial charge in [-0.2, -0.15) is 0 Å². The van der Waals surface area contributed by atoms with Crippen LogP contribution in [-0.4, -0.2) is 17.5 Å². The van der Waals surface area contributed by atoms with E-state index in [1.165, 1.54) is 0 Å². The smallest absolute Gasteiger partial charge is 0.193 e. The van der Waals surface area contributed by atoms with Crippen LogP contribution in [0.3, 0.4) is 0 Å². The van der Waals surface area contributed by atoms with Gasteiger partial charge in [0, 0.05) is 17.7 Å². The Hall–Kier alpha value is -1.93. The van der Waals surface area contributed by atoms with Gasteiger partial charge < -0.3 is 5.11 Å². The monoisotopic (exact) mass is 256 g/mol. The van der Waals surface area contributed by atoms with E-state index in [0.29, 0.717) is 12.5 Å². The molecule has 0 aliphatic carbocycles. The Kier molecular flexibility index (Phi) is 6.55. The van der Waals surface area contributed by atoms with Crippen molar-refractivity contribution in [1.29, 1.82) is 0 Å². The summed E-state index contributed by atoms with van der Waals surface area (Å²) in [7, 11) is 0. The summed E-state index contributed by atoms with van der Waals surface area (Å²) >= 11 is 0. The van der Waals surface area contributed by atoms with Gasteiger partial charge >= 0.3 is 0 Å². The SMILES string of the molecule is CC(C)CO.O=C(c1ccccc1)c1ccccc1. The van der Waals surface area contributed by atoms with Gasteiger partial charge in [-0.15, -0.1) is 0 Å². The minimum atomic E-state index is 0.0752. The predicted octanol–water partition coefficient (Wildman–Crippen LogP) is 3.55. The molecule has 0 radical (unpaired) electrons. The minimum absolute atomic E-state index is 0.0752. The van der Waals surface area contributed by atoms with Crippen molar-refractivity contribution in [2.75, 3.05) is 6.61 Å². The number of benzene rings is 2. The van der Waals surface area contributed by atoms with Crippen LogP contribution in [0.15, 0.2) is 60.7 Å². The van der Waals surface area contributed by atoms with Crippen molar-refractivity contribution in [3.8, 4) is 0 Å². The Bertz CT molecular complexity index is 434. The van der Waals surface area contributed by atoms with Crippen LogP contribution in [0.5, 0.6) is 0 Å². The molecule has 2 rings (SSSR count). The standard InChI is InChI=1S/C13H10O.C4H10O/c14-13(11-7-3-1-4-8-11)12-9-5-2-6-10-12;1-4(2)3-5/h1-10H;4-5H,3H2,1-2H3. The molecule has 0 saturated carbocycles. The molecule has 0 amide bonds. The number of hydrogen-bond donors (Lipinski definition) is 1. The lowest BCUT2D eigenvalue weighted by molar-refractivity contribution is 0.103. The maximum absolute atomic E-state index is 11.8. The summed E-state index contributed by atoms with van der Waals surface area (Å²) in [6, 6.07) is 18.6. The van der Waals surface area contributed by atoms with Crippen molar-refractivity contribution < 1.29 is 9.90 Å². The summed E-state index contributed by atoms with van der Waals surface area (Å²) < 4.78 is 0. The number of hydrogen-bond acceptors (Lipinski definition) is 2. The fourth-order valence-corrected chi connectivity index (χ4v) is 1.35. The quantitative estimate of drug-likeness (QED) is 0.853. The summed E-state index contributed by atoms with van der Waals surface area (Å²) in [6.45, 7) is 4.25. The lowest BCUT2D eigenvalue weighted by atomic mass is 10.0. The van der Waals surface area contributed by atoms with Gasteiger partial charge in [-0.3, -0.25) is 4.79 Å². The summed E-state index contributed by atoms with van der Waals surface area (Å²) in [5, 5.41) is 8.14. The second kappa shape index (κ2) is 8.22. The minimum Gasteiger partial charge on any atom is -0.396 e. The second-order valence-electron chi connectivity index (χ2n) is 4.64. The van der Waals surface area contributed by atoms with Crippen LogP contribution in [0.25, 0.3) is 0 Å². The molecule has 100 valence electrons. The van der Waals surface area contributed by atoms with Crippen LogP contribution in [0.1, 0.15) is 29.8 Å². The normalized spacial score (nSPS) is 9.68. The van der Waals surface area contributed by atoms with E-state index in [1.807, 2.05) is 74.5 Å². The first kappa shape index (κ1) is 15.1. The topological polar surface area (TPSA) is 37.3 Å². The highest BCUT2D eigenvalue weighted by atomic mass is 16.3. The molecule has 1 N–H and O–H groups in total. The van der Waals surface area contributed by atoms with E-state index in [0.717, 1.165) is 11.1 Å². The summed E-state index contributed by atoms with van der Waals surface area (Å²) in [4.78, 5) is 11.8. The van der Waals surface area contributed by atoms with Crippen LogP contribution in [-0.2, 0) is 0 Å². The van der Waals surface area contributed by atoms with Gasteiger partial charge in [-0.05, 0) is 5.92 Å². The van der Waals surface area contributed by atoms with Crippen LogP contribution < -0.4 is 0 Å². The second-order valence-corrected chi connectivity index (χ2v) is 4.64. The summed E-state index contributed by atoms with van der Waals surface area (Å²) in [6.07, 6.45) is 0. The van der Waals surface area contributed by atoms with Crippen LogP contribution in [0.4, 0.5) is 0 Å². The highest BCUT2D eigenvalue weighted by molar-refractivity contribution is 6.08. The average molecular weight is 256 g/mol. The largest absolute Gasteiger partial charge is 0.396 e. The maximum Gasteiger partial charge on any atom is 0.193 e. The van der Waals surface area contributed by atoms with Gasteiger partial charge in [0.2, 0.25) is 0 Å². The van der Waals surface area contributed by atoms with Gasteiger partial charge in [0.15, 0.2) is 5.78 Å². The molecule has 0 bridgehead atoms. The van der Waals surface area contributed by atoms with E-state index < -0.39 is 0 Å². The molecule has 0 aliphatic rings. The zero-order valence-corrected chi connectivity index (χ0v) is 11.4. The Morgan fingerprint density at radius 3 is 1.47 bits per heavy atom. The molecule has 2 aromatic carbocycles.